The summed E-state index contributed by atoms with van der Waals surface area (Å²) >= 11 is 0. The number of hydrogen-bond acceptors (Lipinski definition) is 15. The minimum atomic E-state index is -1.89. The van der Waals surface area contributed by atoms with Gasteiger partial charge in [-0.1, -0.05) is 48.5 Å². The molecule has 6 bridgehead atoms. The Morgan fingerprint density at radius 2 is 1.71 bits per heavy atom. The number of esters is 1. The van der Waals surface area contributed by atoms with Gasteiger partial charge in [-0.15, -0.1) is 0 Å². The molecule has 0 spiro atoms. The fraction of sp³-hybridized carbons (Fsp3) is 0.372. The van der Waals surface area contributed by atoms with Crippen LogP contribution in [0.3, 0.4) is 0 Å². The van der Waals surface area contributed by atoms with Gasteiger partial charge in [0.25, 0.3) is 0 Å². The number of aliphatic carboxylic acids is 1. The van der Waals surface area contributed by atoms with Crippen molar-refractivity contribution in [2.24, 2.45) is 16.5 Å². The van der Waals surface area contributed by atoms with E-state index in [1.807, 2.05) is 36.4 Å². The van der Waals surface area contributed by atoms with Crippen LogP contribution in [0.15, 0.2) is 77.8 Å². The summed E-state index contributed by atoms with van der Waals surface area (Å²) in [5.74, 6) is -0.776. The molecule has 0 aromatic heterocycles. The molecule has 0 amide bonds. The van der Waals surface area contributed by atoms with Crippen LogP contribution in [0.25, 0.3) is 5.57 Å². The minimum absolute atomic E-state index is 0.148. The van der Waals surface area contributed by atoms with E-state index < -0.39 is 73.5 Å². The molecular weight excluding hydrogens is 766 g/mol. The van der Waals surface area contributed by atoms with E-state index in [0.717, 1.165) is 38.4 Å². The van der Waals surface area contributed by atoms with Crippen molar-refractivity contribution >= 4 is 17.5 Å². The van der Waals surface area contributed by atoms with Crippen LogP contribution in [0, 0.1) is 0 Å². The van der Waals surface area contributed by atoms with E-state index in [4.69, 9.17) is 54.7 Å². The van der Waals surface area contributed by atoms with Gasteiger partial charge in [-0.05, 0) is 40.5 Å². The van der Waals surface area contributed by atoms with Crippen molar-refractivity contribution < 1.29 is 63.2 Å². The van der Waals surface area contributed by atoms with Gasteiger partial charge in [0.15, 0.2) is 17.6 Å². The molecular formula is C43H43N3O13. The number of fused-ring (bicyclic) bond motifs is 3. The maximum Gasteiger partial charge on any atom is 0.317 e. The number of nitrogens with two attached hydrogens (primary N) is 2. The number of nitrogens with zero attached hydrogens (tertiary/aromatic N) is 1. The van der Waals surface area contributed by atoms with Gasteiger partial charge in [0.2, 0.25) is 12.0 Å². The van der Waals surface area contributed by atoms with E-state index in [-0.39, 0.29) is 11.7 Å². The van der Waals surface area contributed by atoms with Crippen LogP contribution in [0.1, 0.15) is 46.3 Å². The SMILES string of the molecule is COc1c2ccc3c1OC1c4c(cc(OC5OC(C(OC(=O)CC(=O)O)C(N)N)C(O)C(O)C5O)cc4C4=c5ccccc5=NC4)OC(Cc4ccc(cc4)CCO2)C31. The Morgan fingerprint density at radius 1 is 0.932 bits per heavy atom. The molecule has 8 N–H and O–H groups in total. The molecule has 59 heavy (non-hydrogen) atoms. The summed E-state index contributed by atoms with van der Waals surface area (Å²) in [7, 11) is 1.59. The number of aliphatic hydroxyl groups excluding tert-OH is 3. The van der Waals surface area contributed by atoms with Crippen molar-refractivity contribution in [3.8, 4) is 28.7 Å². The van der Waals surface area contributed by atoms with Gasteiger partial charge < -0.3 is 65.1 Å². The quantitative estimate of drug-likeness (QED) is 0.0766. The Morgan fingerprint density at radius 3 is 2.47 bits per heavy atom. The van der Waals surface area contributed by atoms with Crippen LogP contribution < -0.4 is 45.7 Å². The number of hydrogen-bond donors (Lipinski definition) is 6. The number of rotatable bonds is 9. The summed E-state index contributed by atoms with van der Waals surface area (Å²) in [5.41, 5.74) is 17.2. The molecule has 308 valence electrons. The lowest BCUT2D eigenvalue weighted by Crippen LogP contribution is -2.66. The van der Waals surface area contributed by atoms with Crippen LogP contribution in [0.5, 0.6) is 28.7 Å². The molecule has 8 aliphatic heterocycles. The first-order valence-electron chi connectivity index (χ1n) is 19.3. The molecule has 16 heteroatoms. The summed E-state index contributed by atoms with van der Waals surface area (Å²) in [6.07, 6.45) is -12.8. The van der Waals surface area contributed by atoms with Crippen molar-refractivity contribution in [3.05, 3.63) is 111 Å². The van der Waals surface area contributed by atoms with E-state index in [1.54, 1.807) is 19.2 Å². The highest BCUT2D eigenvalue weighted by Crippen LogP contribution is 2.60. The highest BCUT2D eigenvalue weighted by molar-refractivity contribution is 5.90. The number of ether oxygens (including phenoxy) is 7. The number of aliphatic hydroxyl groups is 3. The third-order valence-electron chi connectivity index (χ3n) is 11.5. The molecule has 9 atom stereocenters. The second-order valence-electron chi connectivity index (χ2n) is 15.2. The van der Waals surface area contributed by atoms with Crippen LogP contribution in [-0.4, -0.2) is 102 Å². The minimum Gasteiger partial charge on any atom is -0.490 e. The lowest BCUT2D eigenvalue weighted by molar-refractivity contribution is -0.291. The highest BCUT2D eigenvalue weighted by Gasteiger charge is 2.52. The zero-order valence-corrected chi connectivity index (χ0v) is 31.8. The molecule has 1 saturated heterocycles. The Bertz CT molecular complexity index is 2420. The summed E-state index contributed by atoms with van der Waals surface area (Å²) in [6, 6.07) is 23.4. The van der Waals surface area contributed by atoms with Gasteiger partial charge >= 0.3 is 11.9 Å². The third-order valence-corrected chi connectivity index (χ3v) is 11.5. The molecule has 8 heterocycles. The Kier molecular flexibility index (Phi) is 10.1. The molecule has 9 unspecified atom stereocenters. The molecule has 16 nitrogen and oxygen atoms in total. The van der Waals surface area contributed by atoms with E-state index in [9.17, 15) is 24.9 Å². The molecule has 0 saturated carbocycles. The maximum absolute atomic E-state index is 12.4. The van der Waals surface area contributed by atoms with Crippen molar-refractivity contribution in [2.75, 3.05) is 20.3 Å². The maximum atomic E-state index is 12.4. The monoisotopic (exact) mass is 809 g/mol. The molecule has 0 radical (unpaired) electrons. The number of carboxylic acids is 1. The van der Waals surface area contributed by atoms with Gasteiger partial charge in [0.05, 0.1) is 37.7 Å². The summed E-state index contributed by atoms with van der Waals surface area (Å²) in [4.78, 5) is 28.3. The fourth-order valence-electron chi connectivity index (χ4n) is 8.72. The number of carbonyl (C=O) groups excluding carboxylic acids is 1. The fourth-order valence-corrected chi connectivity index (χ4v) is 8.72. The lowest BCUT2D eigenvalue weighted by atomic mass is 9.79. The van der Waals surface area contributed by atoms with Crippen LogP contribution in [-0.2, 0) is 31.9 Å². The summed E-state index contributed by atoms with van der Waals surface area (Å²) < 4.78 is 43.7. The average molecular weight is 810 g/mol. The Hall–Kier alpha value is -5.75. The van der Waals surface area contributed by atoms with Crippen molar-refractivity contribution in [2.45, 2.75) is 80.4 Å². The molecule has 0 aliphatic carbocycles. The largest absolute Gasteiger partial charge is 0.490 e. The predicted molar refractivity (Wildman–Crippen MR) is 206 cm³/mol. The van der Waals surface area contributed by atoms with Crippen molar-refractivity contribution in [3.63, 3.8) is 0 Å². The molecule has 8 aliphatic rings. The van der Waals surface area contributed by atoms with Gasteiger partial charge in [-0.3, -0.25) is 14.6 Å². The number of carbonyl (C=O) groups is 2. The third kappa shape index (κ3) is 7.00. The molecule has 4 aromatic carbocycles. The topological polar surface area (TPSA) is 244 Å². The van der Waals surface area contributed by atoms with E-state index >= 15 is 0 Å². The number of methoxy groups -OCH3 is 1. The average Bonchev–Trinajstić information content (AvgIpc) is 3.82. The van der Waals surface area contributed by atoms with Gasteiger partial charge in [0, 0.05) is 35.3 Å². The zero-order valence-electron chi connectivity index (χ0n) is 31.8. The summed E-state index contributed by atoms with van der Waals surface area (Å²) in [6.45, 7) is 0.764. The van der Waals surface area contributed by atoms with E-state index in [0.29, 0.717) is 54.6 Å². The van der Waals surface area contributed by atoms with E-state index in [1.165, 1.54) is 0 Å². The Labute approximate surface area is 337 Å². The van der Waals surface area contributed by atoms with Crippen molar-refractivity contribution in [1.82, 2.24) is 0 Å². The number of carboxylic acid groups (broad SMARTS) is 1. The Balaban J connectivity index is 1.16. The molecule has 12 rings (SSSR count). The normalized spacial score (nSPS) is 26.7. The first-order chi connectivity index (χ1) is 28.5. The number of benzene rings is 4. The first-order valence-corrected chi connectivity index (χ1v) is 19.3. The predicted octanol–water partition coefficient (Wildman–Crippen LogP) is 0.500. The molecule has 1 fully saturated rings. The first kappa shape index (κ1) is 38.8. The van der Waals surface area contributed by atoms with Gasteiger partial charge in [-0.2, -0.15) is 0 Å². The van der Waals surface area contributed by atoms with Gasteiger partial charge in [-0.25, -0.2) is 0 Å². The summed E-state index contributed by atoms with van der Waals surface area (Å²) in [5, 5.41) is 44.0. The number of para-hydroxylation sites is 1. The van der Waals surface area contributed by atoms with Crippen LogP contribution in [0.2, 0.25) is 0 Å². The highest BCUT2D eigenvalue weighted by atomic mass is 16.7. The smallest absolute Gasteiger partial charge is 0.317 e. The molecule has 4 aromatic rings. The van der Waals surface area contributed by atoms with Crippen molar-refractivity contribution in [1.29, 1.82) is 0 Å². The van der Waals surface area contributed by atoms with E-state index in [2.05, 4.69) is 24.3 Å². The standard InChI is InChI=1S/C43H43N3O13/c1-53-38-27-11-10-23-32-28(14-20-8-6-19(7-9-20)12-13-54-27)56-29-16-21(15-24(33(29)39(32)58-37(23)38)25-18-46-26-5-3-2-4-22(25)26)55-43-36(52)34(50)35(51)40(59-43)41(42(44)45)57-31(49)17-30(47)48/h2-11,15-16,28,32,34-36,39-43,50-52H,12-14,17-18,44-45H2,1H3,(H,47,48). The van der Waals surface area contributed by atoms with Crippen LogP contribution in [0.4, 0.5) is 0 Å². The van der Waals surface area contributed by atoms with Crippen LogP contribution >= 0.6 is 0 Å². The second-order valence-corrected chi connectivity index (χ2v) is 15.2. The zero-order chi connectivity index (χ0) is 41.1. The van der Waals surface area contributed by atoms with Gasteiger partial charge in [0.1, 0.15) is 54.5 Å². The second kappa shape index (κ2) is 15.4. The lowest BCUT2D eigenvalue weighted by Gasteiger charge is -2.43.